The minimum absolute atomic E-state index is 0.0568. The summed E-state index contributed by atoms with van der Waals surface area (Å²) in [6, 6.07) is 1.41. The summed E-state index contributed by atoms with van der Waals surface area (Å²) >= 11 is 0. The fourth-order valence-corrected chi connectivity index (χ4v) is 5.22. The van der Waals surface area contributed by atoms with E-state index in [1.807, 2.05) is 0 Å². The second-order valence-electron chi connectivity index (χ2n) is 5.14. The smallest absolute Gasteiger partial charge is 0.260 e. The fourth-order valence-electron chi connectivity index (χ4n) is 3.22. The normalized spacial score (nSPS) is 32.9. The SMILES string of the molecule is Cn1nccc1S(=O)(=O)N1C2CCC1CC(O)C2. The van der Waals surface area contributed by atoms with E-state index in [0.29, 0.717) is 12.8 Å². The van der Waals surface area contributed by atoms with Gasteiger partial charge in [0.25, 0.3) is 10.0 Å². The lowest BCUT2D eigenvalue weighted by atomic mass is 10.0. The molecule has 100 valence electrons. The maximum absolute atomic E-state index is 12.6. The lowest BCUT2D eigenvalue weighted by Crippen LogP contribution is -2.48. The van der Waals surface area contributed by atoms with Crippen LogP contribution in [0.5, 0.6) is 0 Å². The molecule has 0 aliphatic carbocycles. The van der Waals surface area contributed by atoms with Gasteiger partial charge in [-0.3, -0.25) is 4.68 Å². The van der Waals surface area contributed by atoms with Crippen LogP contribution in [-0.4, -0.2) is 45.8 Å². The van der Waals surface area contributed by atoms with Gasteiger partial charge in [0.2, 0.25) is 0 Å². The molecule has 18 heavy (non-hydrogen) atoms. The highest BCUT2D eigenvalue weighted by Crippen LogP contribution is 2.39. The van der Waals surface area contributed by atoms with Gasteiger partial charge in [0.1, 0.15) is 0 Å². The average Bonchev–Trinajstić information content (AvgIpc) is 2.82. The predicted octanol–water partition coefficient (Wildman–Crippen LogP) is 0.0965. The Morgan fingerprint density at radius 1 is 1.33 bits per heavy atom. The first-order valence-electron chi connectivity index (χ1n) is 6.20. The first kappa shape index (κ1) is 12.1. The van der Waals surface area contributed by atoms with E-state index in [9.17, 15) is 13.5 Å². The van der Waals surface area contributed by atoms with Crippen LogP contribution in [0.1, 0.15) is 25.7 Å². The molecule has 0 radical (unpaired) electrons. The molecule has 2 aliphatic rings. The zero-order chi connectivity index (χ0) is 12.9. The molecule has 3 rings (SSSR count). The van der Waals surface area contributed by atoms with Crippen LogP contribution in [0.25, 0.3) is 0 Å². The Bertz CT molecular complexity index is 540. The van der Waals surface area contributed by atoms with Crippen molar-refractivity contribution in [3.05, 3.63) is 12.3 Å². The van der Waals surface area contributed by atoms with E-state index < -0.39 is 10.0 Å². The maximum Gasteiger partial charge on any atom is 0.260 e. The summed E-state index contributed by atoms with van der Waals surface area (Å²) in [5.41, 5.74) is 0. The number of piperidine rings is 1. The van der Waals surface area contributed by atoms with Gasteiger partial charge in [-0.05, 0) is 31.7 Å². The number of nitrogens with zero attached hydrogens (tertiary/aromatic N) is 3. The van der Waals surface area contributed by atoms with Crippen molar-refractivity contribution < 1.29 is 13.5 Å². The number of aryl methyl sites for hydroxylation is 1. The van der Waals surface area contributed by atoms with Crippen molar-refractivity contribution in [1.29, 1.82) is 0 Å². The Morgan fingerprint density at radius 2 is 1.94 bits per heavy atom. The van der Waals surface area contributed by atoms with Crippen molar-refractivity contribution in [3.63, 3.8) is 0 Å². The number of fused-ring (bicyclic) bond motifs is 2. The standard InChI is InChI=1S/C11H17N3O3S/c1-13-11(4-5-12-13)18(16,17)14-8-2-3-9(14)7-10(15)6-8/h4-5,8-10,15H,2-3,6-7H2,1H3. The van der Waals surface area contributed by atoms with E-state index in [4.69, 9.17) is 0 Å². The highest BCUT2D eigenvalue weighted by Gasteiger charge is 2.47. The summed E-state index contributed by atoms with van der Waals surface area (Å²) in [6.45, 7) is 0. The number of aliphatic hydroxyl groups excluding tert-OH is 1. The van der Waals surface area contributed by atoms with Gasteiger partial charge in [-0.1, -0.05) is 0 Å². The molecule has 2 aliphatic heterocycles. The van der Waals surface area contributed by atoms with Gasteiger partial charge in [-0.15, -0.1) is 0 Å². The van der Waals surface area contributed by atoms with Crippen LogP contribution in [0.15, 0.2) is 17.3 Å². The summed E-state index contributed by atoms with van der Waals surface area (Å²) in [4.78, 5) is 0. The summed E-state index contributed by atoms with van der Waals surface area (Å²) in [7, 11) is -1.85. The molecule has 0 amide bonds. The van der Waals surface area contributed by atoms with Gasteiger partial charge in [0.05, 0.1) is 12.3 Å². The van der Waals surface area contributed by atoms with Gasteiger partial charge in [-0.25, -0.2) is 8.42 Å². The van der Waals surface area contributed by atoms with Crippen molar-refractivity contribution >= 4 is 10.0 Å². The molecule has 2 unspecified atom stereocenters. The lowest BCUT2D eigenvalue weighted by Gasteiger charge is -2.35. The molecule has 0 saturated carbocycles. The Kier molecular flexibility index (Phi) is 2.72. The molecular weight excluding hydrogens is 254 g/mol. The Balaban J connectivity index is 1.99. The first-order valence-corrected chi connectivity index (χ1v) is 7.64. The molecule has 0 spiro atoms. The van der Waals surface area contributed by atoms with E-state index in [1.165, 1.54) is 16.9 Å². The second kappa shape index (κ2) is 4.04. The molecule has 3 heterocycles. The Hall–Kier alpha value is -0.920. The van der Waals surface area contributed by atoms with E-state index >= 15 is 0 Å². The second-order valence-corrected chi connectivity index (χ2v) is 6.93. The summed E-state index contributed by atoms with van der Waals surface area (Å²) in [5.74, 6) is 0. The lowest BCUT2D eigenvalue weighted by molar-refractivity contribution is 0.0766. The third-order valence-corrected chi connectivity index (χ3v) is 6.04. The quantitative estimate of drug-likeness (QED) is 0.827. The van der Waals surface area contributed by atoms with Crippen molar-refractivity contribution in [2.24, 2.45) is 7.05 Å². The van der Waals surface area contributed by atoms with Gasteiger partial charge >= 0.3 is 0 Å². The molecule has 2 atom stereocenters. The minimum atomic E-state index is -3.49. The molecule has 2 saturated heterocycles. The fraction of sp³-hybridized carbons (Fsp3) is 0.727. The number of sulfonamides is 1. The third kappa shape index (κ3) is 1.69. The van der Waals surface area contributed by atoms with Crippen LogP contribution >= 0.6 is 0 Å². The molecule has 0 aromatic carbocycles. The van der Waals surface area contributed by atoms with E-state index in [-0.39, 0.29) is 23.2 Å². The van der Waals surface area contributed by atoms with Crippen LogP contribution in [-0.2, 0) is 17.1 Å². The van der Waals surface area contributed by atoms with Crippen LogP contribution < -0.4 is 0 Å². The molecule has 1 aromatic rings. The van der Waals surface area contributed by atoms with Crippen LogP contribution in [0.2, 0.25) is 0 Å². The number of rotatable bonds is 2. The van der Waals surface area contributed by atoms with E-state index in [1.54, 1.807) is 11.4 Å². The van der Waals surface area contributed by atoms with E-state index in [2.05, 4.69) is 5.10 Å². The monoisotopic (exact) mass is 271 g/mol. The average molecular weight is 271 g/mol. The molecule has 1 aromatic heterocycles. The van der Waals surface area contributed by atoms with Gasteiger partial charge < -0.3 is 5.11 Å². The third-order valence-electron chi connectivity index (χ3n) is 3.96. The largest absolute Gasteiger partial charge is 0.393 e. The van der Waals surface area contributed by atoms with Crippen LogP contribution in [0, 0.1) is 0 Å². The molecule has 6 nitrogen and oxygen atoms in total. The van der Waals surface area contributed by atoms with Crippen molar-refractivity contribution in [2.75, 3.05) is 0 Å². The van der Waals surface area contributed by atoms with Crippen molar-refractivity contribution in [1.82, 2.24) is 14.1 Å². The Labute approximate surface area is 106 Å². The molecule has 7 heteroatoms. The number of aromatic nitrogens is 2. The number of hydrogen-bond acceptors (Lipinski definition) is 4. The minimum Gasteiger partial charge on any atom is -0.393 e. The molecule has 1 N–H and O–H groups in total. The topological polar surface area (TPSA) is 75.4 Å². The highest BCUT2D eigenvalue weighted by atomic mass is 32.2. The highest BCUT2D eigenvalue weighted by molar-refractivity contribution is 7.89. The maximum atomic E-state index is 12.6. The zero-order valence-electron chi connectivity index (χ0n) is 10.2. The van der Waals surface area contributed by atoms with Gasteiger partial charge in [0.15, 0.2) is 5.03 Å². The molecular formula is C11H17N3O3S. The van der Waals surface area contributed by atoms with Crippen LogP contribution in [0.3, 0.4) is 0 Å². The summed E-state index contributed by atoms with van der Waals surface area (Å²) in [5, 5.41) is 13.9. The molecule has 2 fully saturated rings. The number of hydrogen-bond donors (Lipinski definition) is 1. The summed E-state index contributed by atoms with van der Waals surface area (Å²) < 4.78 is 28.2. The van der Waals surface area contributed by atoms with Gasteiger partial charge in [0, 0.05) is 19.1 Å². The summed E-state index contributed by atoms with van der Waals surface area (Å²) in [6.07, 6.45) is 3.92. The van der Waals surface area contributed by atoms with Crippen LogP contribution in [0.4, 0.5) is 0 Å². The molecule has 2 bridgehead atoms. The van der Waals surface area contributed by atoms with Crippen molar-refractivity contribution in [3.8, 4) is 0 Å². The predicted molar refractivity (Wildman–Crippen MR) is 64.3 cm³/mol. The number of aliphatic hydroxyl groups is 1. The van der Waals surface area contributed by atoms with E-state index in [0.717, 1.165) is 12.8 Å². The van der Waals surface area contributed by atoms with Gasteiger partial charge in [-0.2, -0.15) is 9.40 Å². The van der Waals surface area contributed by atoms with Crippen molar-refractivity contribution in [2.45, 2.75) is 48.9 Å². The Morgan fingerprint density at radius 3 is 2.44 bits per heavy atom. The zero-order valence-corrected chi connectivity index (χ0v) is 11.0. The first-order chi connectivity index (χ1) is 8.50.